The van der Waals surface area contributed by atoms with Gasteiger partial charge in [0.1, 0.15) is 23.7 Å². The van der Waals surface area contributed by atoms with Crippen molar-refractivity contribution in [2.45, 2.75) is 12.5 Å². The molecule has 5 heterocycles. The number of halogens is 1. The molecule has 0 aliphatic carbocycles. The van der Waals surface area contributed by atoms with Gasteiger partial charge >= 0.3 is 0 Å². The first-order valence-corrected chi connectivity index (χ1v) is 10.4. The highest BCUT2D eigenvalue weighted by atomic mass is 79.9. The molecule has 148 valence electrons. The summed E-state index contributed by atoms with van der Waals surface area (Å²) in [4.78, 5) is 27.6. The van der Waals surface area contributed by atoms with Crippen LogP contribution in [0.2, 0.25) is 0 Å². The summed E-state index contributed by atoms with van der Waals surface area (Å²) in [6.07, 6.45) is 5.93. The average Bonchev–Trinajstić information content (AvgIpc) is 3.49. The van der Waals surface area contributed by atoms with Crippen molar-refractivity contribution >= 4 is 38.3 Å². The maximum atomic E-state index is 13.6. The molecule has 0 bridgehead atoms. The lowest BCUT2D eigenvalue weighted by Gasteiger charge is -2.33. The smallest absolute Gasteiger partial charge is 0.275 e. The van der Waals surface area contributed by atoms with E-state index in [0.29, 0.717) is 24.4 Å². The van der Waals surface area contributed by atoms with E-state index in [-0.39, 0.29) is 5.91 Å². The Labute approximate surface area is 179 Å². The lowest BCUT2D eigenvalue weighted by molar-refractivity contribution is 0.0669. The highest BCUT2D eigenvalue weighted by Crippen LogP contribution is 2.37. The van der Waals surface area contributed by atoms with Gasteiger partial charge in [-0.3, -0.25) is 4.79 Å². The molecule has 0 fully saturated rings. The summed E-state index contributed by atoms with van der Waals surface area (Å²) in [6.45, 7) is 0.547. The number of aromatic amines is 1. The number of nitrogens with one attached hydrogen (secondary N) is 1. The minimum atomic E-state index is -0.410. The molecule has 0 saturated heterocycles. The summed E-state index contributed by atoms with van der Waals surface area (Å²) >= 11 is 3.46. The maximum Gasteiger partial charge on any atom is 0.275 e. The number of hydrogen-bond donors (Lipinski definition) is 1. The molecular weight excluding hydrogens is 446 g/mol. The SMILES string of the molecule is O=C(c1ncn2cc(Br)ccc12)N1CCc2[nH]cnc2[C@H]1c1cc2ccccc2o1. The molecule has 8 heteroatoms. The van der Waals surface area contributed by atoms with Gasteiger partial charge in [0.05, 0.1) is 17.5 Å². The minimum Gasteiger partial charge on any atom is -0.458 e. The van der Waals surface area contributed by atoms with Crippen LogP contribution in [0.25, 0.3) is 16.5 Å². The number of benzene rings is 1. The van der Waals surface area contributed by atoms with Crippen molar-refractivity contribution in [3.63, 3.8) is 0 Å². The number of amides is 1. The van der Waals surface area contributed by atoms with Crippen LogP contribution in [0.3, 0.4) is 0 Å². The van der Waals surface area contributed by atoms with E-state index in [0.717, 1.165) is 32.3 Å². The standard InChI is InChI=1S/C22H16BrN5O2/c23-14-5-6-16-20(26-12-27(16)10-14)22(29)28-8-7-15-19(25-11-24-15)21(28)18-9-13-3-1-2-4-17(13)30-18/h1-6,9-12,21H,7-8H2,(H,24,25)/t21-/m1/s1. The van der Waals surface area contributed by atoms with Gasteiger partial charge in [0.25, 0.3) is 5.91 Å². The van der Waals surface area contributed by atoms with E-state index in [9.17, 15) is 4.79 Å². The molecule has 1 aliphatic rings. The molecule has 1 atom stereocenters. The van der Waals surface area contributed by atoms with Crippen LogP contribution in [0, 0.1) is 0 Å². The molecule has 0 spiro atoms. The molecule has 4 aromatic heterocycles. The largest absolute Gasteiger partial charge is 0.458 e. The highest BCUT2D eigenvalue weighted by Gasteiger charge is 2.37. The molecule has 0 saturated carbocycles. The Morgan fingerprint density at radius 3 is 3.00 bits per heavy atom. The molecule has 1 amide bonds. The van der Waals surface area contributed by atoms with Gasteiger partial charge in [0.2, 0.25) is 0 Å². The zero-order chi connectivity index (χ0) is 20.2. The molecule has 1 N–H and O–H groups in total. The molecule has 1 aliphatic heterocycles. The zero-order valence-corrected chi connectivity index (χ0v) is 17.3. The van der Waals surface area contributed by atoms with Crippen LogP contribution < -0.4 is 0 Å². The quantitative estimate of drug-likeness (QED) is 0.423. The van der Waals surface area contributed by atoms with Crippen molar-refractivity contribution in [3.05, 3.63) is 88.6 Å². The predicted octanol–water partition coefficient (Wildman–Crippen LogP) is 4.35. The molecule has 5 aromatic rings. The van der Waals surface area contributed by atoms with E-state index >= 15 is 0 Å². The molecule has 0 unspecified atom stereocenters. The Morgan fingerprint density at radius 1 is 1.20 bits per heavy atom. The van der Waals surface area contributed by atoms with Gasteiger partial charge in [-0.05, 0) is 40.2 Å². The fourth-order valence-electron chi connectivity index (χ4n) is 4.19. The fraction of sp³-hybridized carbons (Fsp3) is 0.136. The van der Waals surface area contributed by atoms with Gasteiger partial charge in [-0.25, -0.2) is 9.97 Å². The van der Waals surface area contributed by atoms with Gasteiger partial charge in [0, 0.05) is 34.7 Å². The lowest BCUT2D eigenvalue weighted by Crippen LogP contribution is -2.40. The maximum absolute atomic E-state index is 13.6. The number of carbonyl (C=O) groups excluding carboxylic acids is 1. The number of nitrogens with zero attached hydrogens (tertiary/aromatic N) is 4. The Morgan fingerprint density at radius 2 is 2.10 bits per heavy atom. The third-order valence-corrected chi connectivity index (χ3v) is 6.07. The number of H-pyrrole nitrogens is 1. The summed E-state index contributed by atoms with van der Waals surface area (Å²) in [5, 5.41) is 1.000. The highest BCUT2D eigenvalue weighted by molar-refractivity contribution is 9.10. The van der Waals surface area contributed by atoms with Gasteiger partial charge in [-0.15, -0.1) is 0 Å². The second-order valence-electron chi connectivity index (χ2n) is 7.34. The molecular formula is C22H16BrN5O2. The number of para-hydroxylation sites is 1. The van der Waals surface area contributed by atoms with Crippen molar-refractivity contribution < 1.29 is 9.21 Å². The number of carbonyl (C=O) groups is 1. The van der Waals surface area contributed by atoms with Gasteiger partial charge < -0.3 is 18.7 Å². The van der Waals surface area contributed by atoms with E-state index in [1.807, 2.05) is 58.0 Å². The van der Waals surface area contributed by atoms with Crippen LogP contribution in [0.5, 0.6) is 0 Å². The van der Waals surface area contributed by atoms with E-state index in [4.69, 9.17) is 4.42 Å². The molecule has 7 nitrogen and oxygen atoms in total. The number of imidazole rings is 2. The lowest BCUT2D eigenvalue weighted by atomic mass is 9.99. The van der Waals surface area contributed by atoms with Gasteiger partial charge in [-0.2, -0.15) is 0 Å². The Balaban J connectivity index is 1.48. The number of hydrogen-bond acceptors (Lipinski definition) is 4. The zero-order valence-electron chi connectivity index (χ0n) is 15.7. The third kappa shape index (κ3) is 2.60. The summed E-state index contributed by atoms with van der Waals surface area (Å²) in [5.41, 5.74) is 3.82. The Bertz CT molecular complexity index is 1380. The second-order valence-corrected chi connectivity index (χ2v) is 8.25. The first-order valence-electron chi connectivity index (χ1n) is 9.63. The average molecular weight is 462 g/mol. The monoisotopic (exact) mass is 461 g/mol. The van der Waals surface area contributed by atoms with Crippen LogP contribution in [0.1, 0.15) is 33.7 Å². The first kappa shape index (κ1) is 17.5. The van der Waals surface area contributed by atoms with E-state index in [2.05, 4.69) is 30.9 Å². The Hall–Kier alpha value is -3.39. The first-order chi connectivity index (χ1) is 14.7. The number of pyridine rings is 1. The third-order valence-electron chi connectivity index (χ3n) is 5.60. The van der Waals surface area contributed by atoms with Crippen molar-refractivity contribution in [2.24, 2.45) is 0 Å². The van der Waals surface area contributed by atoms with E-state index < -0.39 is 6.04 Å². The van der Waals surface area contributed by atoms with Crippen LogP contribution in [0.15, 0.2) is 70.2 Å². The normalized spacial score (nSPS) is 16.3. The second kappa shape index (κ2) is 6.56. The van der Waals surface area contributed by atoms with Crippen LogP contribution >= 0.6 is 15.9 Å². The van der Waals surface area contributed by atoms with Crippen molar-refractivity contribution in [1.82, 2.24) is 24.3 Å². The van der Waals surface area contributed by atoms with Crippen LogP contribution in [-0.4, -0.2) is 36.7 Å². The number of aromatic nitrogens is 4. The molecule has 1 aromatic carbocycles. The fourth-order valence-corrected chi connectivity index (χ4v) is 4.55. The van der Waals surface area contributed by atoms with Crippen LogP contribution in [0.4, 0.5) is 0 Å². The summed E-state index contributed by atoms with van der Waals surface area (Å²) in [5.74, 6) is 0.558. The van der Waals surface area contributed by atoms with Crippen LogP contribution in [-0.2, 0) is 6.42 Å². The summed E-state index contributed by atoms with van der Waals surface area (Å²) in [6, 6.07) is 13.2. The number of furan rings is 1. The van der Waals surface area contributed by atoms with Crippen molar-refractivity contribution in [2.75, 3.05) is 6.54 Å². The molecule has 30 heavy (non-hydrogen) atoms. The topological polar surface area (TPSA) is 79.4 Å². The summed E-state index contributed by atoms with van der Waals surface area (Å²) < 4.78 is 8.92. The van der Waals surface area contributed by atoms with Gasteiger partial charge in [0.15, 0.2) is 5.69 Å². The summed E-state index contributed by atoms with van der Waals surface area (Å²) in [7, 11) is 0. The Kier molecular flexibility index (Phi) is 3.82. The minimum absolute atomic E-state index is 0.140. The van der Waals surface area contributed by atoms with Crippen molar-refractivity contribution in [3.8, 4) is 0 Å². The molecule has 0 radical (unpaired) electrons. The van der Waals surface area contributed by atoms with E-state index in [1.165, 1.54) is 0 Å². The number of fused-ring (bicyclic) bond motifs is 3. The number of rotatable bonds is 2. The van der Waals surface area contributed by atoms with Crippen molar-refractivity contribution in [1.29, 1.82) is 0 Å². The van der Waals surface area contributed by atoms with Gasteiger partial charge in [-0.1, -0.05) is 18.2 Å². The van der Waals surface area contributed by atoms with E-state index in [1.54, 1.807) is 12.7 Å². The predicted molar refractivity (Wildman–Crippen MR) is 114 cm³/mol. The molecule has 6 rings (SSSR count).